The van der Waals surface area contributed by atoms with Crippen LogP contribution in [-0.4, -0.2) is 38.5 Å². The van der Waals surface area contributed by atoms with Crippen LogP contribution in [0.5, 0.6) is 0 Å². The van der Waals surface area contributed by atoms with Crippen molar-refractivity contribution in [2.45, 2.75) is 19.8 Å². The molecule has 7 nitrogen and oxygen atoms in total. The van der Waals surface area contributed by atoms with Gasteiger partial charge in [0.15, 0.2) is 11.5 Å². The number of hydrogen-bond donors (Lipinski definition) is 2. The van der Waals surface area contributed by atoms with E-state index in [9.17, 15) is 14.0 Å². The largest absolute Gasteiger partial charge is 0.481 e. The van der Waals surface area contributed by atoms with Crippen LogP contribution in [0.2, 0.25) is 5.02 Å². The van der Waals surface area contributed by atoms with E-state index in [-0.39, 0.29) is 22.9 Å². The topological polar surface area (TPSA) is 97.1 Å². The van der Waals surface area contributed by atoms with Crippen LogP contribution in [0.15, 0.2) is 24.4 Å². The third kappa shape index (κ3) is 4.08. The van der Waals surface area contributed by atoms with Crippen molar-refractivity contribution in [3.63, 3.8) is 0 Å². The fourth-order valence-corrected chi connectivity index (χ4v) is 2.29. The summed E-state index contributed by atoms with van der Waals surface area (Å²) in [7, 11) is 0. The molecular formula is C15H16ClFN4O3. The van der Waals surface area contributed by atoms with Gasteiger partial charge in [-0.1, -0.05) is 36.2 Å². The fourth-order valence-electron chi connectivity index (χ4n) is 2.12. The normalized spacial score (nSPS) is 12.0. The first-order valence-electron chi connectivity index (χ1n) is 7.31. The van der Waals surface area contributed by atoms with E-state index in [1.54, 1.807) is 6.07 Å². The predicted molar refractivity (Wildman–Crippen MR) is 84.7 cm³/mol. The minimum Gasteiger partial charge on any atom is -0.481 e. The molecule has 1 aromatic heterocycles. The highest BCUT2D eigenvalue weighted by molar-refractivity contribution is 6.30. The van der Waals surface area contributed by atoms with Crippen molar-refractivity contribution >= 4 is 23.5 Å². The number of hydrogen-bond acceptors (Lipinski definition) is 4. The van der Waals surface area contributed by atoms with Gasteiger partial charge in [0.2, 0.25) is 0 Å². The number of rotatable bonds is 7. The number of aromatic nitrogens is 3. The van der Waals surface area contributed by atoms with Crippen molar-refractivity contribution in [2.24, 2.45) is 5.92 Å². The maximum absolute atomic E-state index is 13.9. The number of aliphatic carboxylic acids is 1. The molecule has 1 aromatic carbocycles. The molecule has 1 atom stereocenters. The summed E-state index contributed by atoms with van der Waals surface area (Å²) in [6.45, 7) is 1.85. The van der Waals surface area contributed by atoms with Crippen LogP contribution < -0.4 is 5.32 Å². The van der Waals surface area contributed by atoms with Gasteiger partial charge in [-0.15, -0.1) is 5.10 Å². The lowest BCUT2D eigenvalue weighted by Gasteiger charge is -2.11. The number of amides is 1. The summed E-state index contributed by atoms with van der Waals surface area (Å²) in [5.41, 5.74) is 0.0125. The van der Waals surface area contributed by atoms with Gasteiger partial charge in [-0.3, -0.25) is 9.59 Å². The summed E-state index contributed by atoms with van der Waals surface area (Å²) in [6, 6.07) is 4.38. The summed E-state index contributed by atoms with van der Waals surface area (Å²) >= 11 is 5.71. The first-order valence-corrected chi connectivity index (χ1v) is 7.69. The average molecular weight is 355 g/mol. The molecule has 0 saturated carbocycles. The Hall–Kier alpha value is -2.48. The maximum atomic E-state index is 13.9. The second-order valence-corrected chi connectivity index (χ2v) is 5.56. The van der Waals surface area contributed by atoms with E-state index in [2.05, 4.69) is 15.6 Å². The number of nitrogens with zero attached hydrogens (tertiary/aromatic N) is 3. The SMILES string of the molecule is CCCC(CNC(=O)c1cn(-c2cccc(Cl)c2F)nn1)C(=O)O. The number of benzene rings is 1. The number of nitrogens with one attached hydrogen (secondary N) is 1. The second-order valence-electron chi connectivity index (χ2n) is 5.16. The molecule has 2 N–H and O–H groups in total. The zero-order chi connectivity index (χ0) is 17.7. The molecule has 1 unspecified atom stereocenters. The molecule has 1 amide bonds. The van der Waals surface area contributed by atoms with Crippen LogP contribution in [0.4, 0.5) is 4.39 Å². The van der Waals surface area contributed by atoms with Crippen molar-refractivity contribution in [2.75, 3.05) is 6.54 Å². The number of halogens is 2. The van der Waals surface area contributed by atoms with Gasteiger partial charge in [-0.2, -0.15) is 0 Å². The molecule has 0 radical (unpaired) electrons. The van der Waals surface area contributed by atoms with E-state index >= 15 is 0 Å². The first-order chi connectivity index (χ1) is 11.4. The van der Waals surface area contributed by atoms with Crippen LogP contribution in [0.3, 0.4) is 0 Å². The number of carboxylic acid groups (broad SMARTS) is 1. The Bertz CT molecular complexity index is 750. The summed E-state index contributed by atoms with van der Waals surface area (Å²) in [4.78, 5) is 23.1. The van der Waals surface area contributed by atoms with Crippen molar-refractivity contribution in [3.05, 3.63) is 40.9 Å². The molecule has 0 aliphatic carbocycles. The Morgan fingerprint density at radius 2 is 2.21 bits per heavy atom. The number of carbonyl (C=O) groups is 2. The number of carboxylic acids is 1. The Labute approximate surface area is 142 Å². The van der Waals surface area contributed by atoms with E-state index in [0.29, 0.717) is 12.8 Å². The minimum atomic E-state index is -0.971. The number of carbonyl (C=O) groups excluding carboxylic acids is 1. The van der Waals surface area contributed by atoms with Crippen molar-refractivity contribution < 1.29 is 19.1 Å². The van der Waals surface area contributed by atoms with Gasteiger partial charge in [-0.05, 0) is 18.6 Å². The maximum Gasteiger partial charge on any atom is 0.308 e. The monoisotopic (exact) mass is 354 g/mol. The molecule has 9 heteroatoms. The summed E-state index contributed by atoms with van der Waals surface area (Å²) in [5, 5.41) is 18.9. The Kier molecular flexibility index (Phi) is 5.86. The molecule has 0 spiro atoms. The van der Waals surface area contributed by atoms with Crippen molar-refractivity contribution in [1.82, 2.24) is 20.3 Å². The Morgan fingerprint density at radius 1 is 1.46 bits per heavy atom. The lowest BCUT2D eigenvalue weighted by atomic mass is 10.0. The minimum absolute atomic E-state index is 0.0135. The van der Waals surface area contributed by atoms with E-state index in [4.69, 9.17) is 16.7 Å². The van der Waals surface area contributed by atoms with E-state index in [1.165, 1.54) is 18.3 Å². The molecule has 2 aromatic rings. The smallest absolute Gasteiger partial charge is 0.308 e. The lowest BCUT2D eigenvalue weighted by molar-refractivity contribution is -0.141. The zero-order valence-corrected chi connectivity index (χ0v) is 13.6. The van der Waals surface area contributed by atoms with E-state index in [1.807, 2.05) is 6.92 Å². The molecule has 0 saturated heterocycles. The van der Waals surface area contributed by atoms with Gasteiger partial charge >= 0.3 is 5.97 Å². The molecular weight excluding hydrogens is 339 g/mol. The molecule has 128 valence electrons. The molecule has 1 heterocycles. The summed E-state index contributed by atoms with van der Waals surface area (Å²) in [5.74, 6) is -2.89. The predicted octanol–water partition coefficient (Wildman–Crippen LogP) is 2.29. The van der Waals surface area contributed by atoms with E-state index < -0.39 is 23.6 Å². The third-order valence-electron chi connectivity index (χ3n) is 3.40. The molecule has 0 bridgehead atoms. The van der Waals surface area contributed by atoms with Gasteiger partial charge in [0.05, 0.1) is 17.1 Å². The van der Waals surface area contributed by atoms with Crippen LogP contribution in [0, 0.1) is 11.7 Å². The van der Waals surface area contributed by atoms with Gasteiger partial charge in [0.25, 0.3) is 5.91 Å². The highest BCUT2D eigenvalue weighted by Crippen LogP contribution is 2.20. The first kappa shape index (κ1) is 17.9. The lowest BCUT2D eigenvalue weighted by Crippen LogP contribution is -2.33. The summed E-state index contributed by atoms with van der Waals surface area (Å²) in [6.07, 6.45) is 2.40. The molecule has 0 aliphatic heterocycles. The van der Waals surface area contributed by atoms with E-state index in [0.717, 1.165) is 4.68 Å². The average Bonchev–Trinajstić information content (AvgIpc) is 3.03. The zero-order valence-electron chi connectivity index (χ0n) is 12.9. The Balaban J connectivity index is 2.08. The Morgan fingerprint density at radius 3 is 2.88 bits per heavy atom. The van der Waals surface area contributed by atoms with Crippen LogP contribution in [0.1, 0.15) is 30.3 Å². The molecule has 24 heavy (non-hydrogen) atoms. The standard InChI is InChI=1S/C15H16ClFN4O3/c1-2-4-9(15(23)24)7-18-14(22)11-8-21(20-19-11)12-6-3-5-10(16)13(12)17/h3,5-6,8-9H,2,4,7H2,1H3,(H,18,22)(H,23,24). The highest BCUT2D eigenvalue weighted by atomic mass is 35.5. The van der Waals surface area contributed by atoms with Crippen LogP contribution >= 0.6 is 11.6 Å². The second kappa shape index (κ2) is 7.87. The van der Waals surface area contributed by atoms with Gasteiger partial charge in [0, 0.05) is 6.54 Å². The van der Waals surface area contributed by atoms with Crippen molar-refractivity contribution in [1.29, 1.82) is 0 Å². The highest BCUT2D eigenvalue weighted by Gasteiger charge is 2.19. The van der Waals surface area contributed by atoms with Gasteiger partial charge in [0.1, 0.15) is 5.69 Å². The third-order valence-corrected chi connectivity index (χ3v) is 3.69. The van der Waals surface area contributed by atoms with Crippen LogP contribution in [0.25, 0.3) is 5.69 Å². The quantitative estimate of drug-likeness (QED) is 0.795. The fraction of sp³-hybridized carbons (Fsp3) is 0.333. The van der Waals surface area contributed by atoms with Crippen molar-refractivity contribution in [3.8, 4) is 5.69 Å². The molecule has 0 aliphatic rings. The van der Waals surface area contributed by atoms with Crippen LogP contribution in [-0.2, 0) is 4.79 Å². The molecule has 0 fully saturated rings. The van der Waals surface area contributed by atoms with Gasteiger partial charge < -0.3 is 10.4 Å². The summed E-state index contributed by atoms with van der Waals surface area (Å²) < 4.78 is 15.0. The molecule has 2 rings (SSSR count). The van der Waals surface area contributed by atoms with Gasteiger partial charge in [-0.25, -0.2) is 9.07 Å².